The first-order valence-corrected chi connectivity index (χ1v) is 9.30. The number of pyridine rings is 2. The summed E-state index contributed by atoms with van der Waals surface area (Å²) in [5, 5.41) is 5.04. The minimum atomic E-state index is 0.0855. The Bertz CT molecular complexity index is 976. The molecule has 4 heteroatoms. The van der Waals surface area contributed by atoms with Gasteiger partial charge in [-0.05, 0) is 60.9 Å². The van der Waals surface area contributed by atoms with E-state index < -0.39 is 0 Å². The molecule has 3 aromatic rings. The predicted molar refractivity (Wildman–Crippen MR) is 105 cm³/mol. The van der Waals surface area contributed by atoms with Crippen molar-refractivity contribution in [1.29, 1.82) is 0 Å². The van der Waals surface area contributed by atoms with E-state index in [0.717, 1.165) is 53.3 Å². The second-order valence-corrected chi connectivity index (χ2v) is 7.14. The Morgan fingerprint density at radius 2 is 1.96 bits per heavy atom. The Morgan fingerprint density at radius 3 is 2.69 bits per heavy atom. The largest absolute Gasteiger partial charge is 0.310 e. The fourth-order valence-corrected chi connectivity index (χ4v) is 3.26. The molecule has 2 heterocycles. The van der Waals surface area contributed by atoms with Gasteiger partial charge in [-0.1, -0.05) is 25.5 Å². The van der Waals surface area contributed by atoms with Gasteiger partial charge in [0.15, 0.2) is 0 Å². The van der Waals surface area contributed by atoms with Crippen LogP contribution in [0.15, 0.2) is 42.7 Å². The molecular formula is C22H23N3O. The van der Waals surface area contributed by atoms with Crippen LogP contribution in [0.5, 0.6) is 0 Å². The van der Waals surface area contributed by atoms with Crippen molar-refractivity contribution < 1.29 is 4.79 Å². The number of carbonyl (C=O) groups is 1. The van der Waals surface area contributed by atoms with Crippen molar-refractivity contribution >= 4 is 22.5 Å². The summed E-state index contributed by atoms with van der Waals surface area (Å²) < 4.78 is 0. The number of amides is 1. The molecule has 4 rings (SSSR count). The zero-order valence-electron chi connectivity index (χ0n) is 15.2. The second kappa shape index (κ2) is 6.87. The third-order valence-corrected chi connectivity index (χ3v) is 4.91. The van der Waals surface area contributed by atoms with Crippen LogP contribution in [0.25, 0.3) is 21.9 Å². The van der Waals surface area contributed by atoms with E-state index in [9.17, 15) is 4.79 Å². The van der Waals surface area contributed by atoms with Crippen molar-refractivity contribution in [3.63, 3.8) is 0 Å². The minimum Gasteiger partial charge on any atom is -0.310 e. The molecule has 0 bridgehead atoms. The third-order valence-electron chi connectivity index (χ3n) is 4.91. The van der Waals surface area contributed by atoms with Crippen molar-refractivity contribution in [2.75, 3.05) is 5.32 Å². The molecule has 0 radical (unpaired) electrons. The summed E-state index contributed by atoms with van der Waals surface area (Å²) in [4.78, 5) is 20.9. The van der Waals surface area contributed by atoms with E-state index >= 15 is 0 Å². The van der Waals surface area contributed by atoms with Gasteiger partial charge in [-0.3, -0.25) is 9.78 Å². The van der Waals surface area contributed by atoms with E-state index in [0.29, 0.717) is 5.82 Å². The van der Waals surface area contributed by atoms with Crippen molar-refractivity contribution in [2.24, 2.45) is 5.92 Å². The molecule has 0 aliphatic heterocycles. The van der Waals surface area contributed by atoms with Crippen LogP contribution in [0.4, 0.5) is 5.82 Å². The van der Waals surface area contributed by atoms with E-state index in [1.165, 1.54) is 5.56 Å². The molecule has 2 aromatic heterocycles. The van der Waals surface area contributed by atoms with E-state index in [4.69, 9.17) is 0 Å². The number of hydrogen-bond acceptors (Lipinski definition) is 3. The highest BCUT2D eigenvalue weighted by Gasteiger charge is 2.29. The lowest BCUT2D eigenvalue weighted by molar-refractivity contribution is -0.117. The molecule has 26 heavy (non-hydrogen) atoms. The van der Waals surface area contributed by atoms with Crippen LogP contribution in [0.1, 0.15) is 37.4 Å². The maximum absolute atomic E-state index is 11.9. The Morgan fingerprint density at radius 1 is 1.12 bits per heavy atom. The molecule has 1 aromatic carbocycles. The molecule has 0 saturated heterocycles. The molecular weight excluding hydrogens is 322 g/mol. The summed E-state index contributed by atoms with van der Waals surface area (Å²) in [7, 11) is 0. The number of carbonyl (C=O) groups excluding carboxylic acids is 1. The topological polar surface area (TPSA) is 54.9 Å². The van der Waals surface area contributed by atoms with Crippen molar-refractivity contribution in [1.82, 2.24) is 9.97 Å². The molecule has 132 valence electrons. The van der Waals surface area contributed by atoms with E-state index in [1.54, 1.807) is 0 Å². The second-order valence-electron chi connectivity index (χ2n) is 7.14. The van der Waals surface area contributed by atoms with Crippen molar-refractivity contribution in [2.45, 2.75) is 39.5 Å². The van der Waals surface area contributed by atoms with Gasteiger partial charge in [0.25, 0.3) is 0 Å². The molecule has 0 atom stereocenters. The maximum Gasteiger partial charge on any atom is 0.228 e. The lowest BCUT2D eigenvalue weighted by Gasteiger charge is -2.10. The number of anilines is 1. The zero-order chi connectivity index (χ0) is 18.1. The fraction of sp³-hybridized carbons (Fsp3) is 0.318. The first-order chi connectivity index (χ1) is 12.6. The highest BCUT2D eigenvalue weighted by molar-refractivity contribution is 5.96. The van der Waals surface area contributed by atoms with Gasteiger partial charge >= 0.3 is 0 Å². The molecule has 1 saturated carbocycles. The van der Waals surface area contributed by atoms with Gasteiger partial charge in [0, 0.05) is 35.0 Å². The molecule has 1 N–H and O–H groups in total. The van der Waals surface area contributed by atoms with Crippen LogP contribution >= 0.6 is 0 Å². The number of nitrogens with zero attached hydrogens (tertiary/aromatic N) is 2. The van der Waals surface area contributed by atoms with Crippen molar-refractivity contribution in [3.8, 4) is 11.1 Å². The minimum absolute atomic E-state index is 0.0855. The first kappa shape index (κ1) is 16.7. The van der Waals surface area contributed by atoms with E-state index in [-0.39, 0.29) is 11.8 Å². The monoisotopic (exact) mass is 345 g/mol. The van der Waals surface area contributed by atoms with Gasteiger partial charge in [-0.15, -0.1) is 0 Å². The van der Waals surface area contributed by atoms with Gasteiger partial charge in [0.05, 0.1) is 0 Å². The Labute approximate surface area is 153 Å². The van der Waals surface area contributed by atoms with Crippen LogP contribution in [0.2, 0.25) is 0 Å². The van der Waals surface area contributed by atoms with Gasteiger partial charge in [-0.2, -0.15) is 0 Å². The lowest BCUT2D eigenvalue weighted by Crippen LogP contribution is -2.14. The predicted octanol–water partition coefficient (Wildman–Crippen LogP) is 4.91. The summed E-state index contributed by atoms with van der Waals surface area (Å²) in [6.07, 6.45) is 7.90. The Balaban J connectivity index is 1.62. The van der Waals surface area contributed by atoms with Gasteiger partial charge in [0.1, 0.15) is 5.82 Å². The van der Waals surface area contributed by atoms with Gasteiger partial charge < -0.3 is 5.32 Å². The summed E-state index contributed by atoms with van der Waals surface area (Å²) >= 11 is 0. The average molecular weight is 345 g/mol. The number of fused-ring (bicyclic) bond motifs is 1. The van der Waals surface area contributed by atoms with Gasteiger partial charge in [-0.25, -0.2) is 4.98 Å². The maximum atomic E-state index is 11.9. The van der Waals surface area contributed by atoms with E-state index in [2.05, 4.69) is 53.4 Å². The lowest BCUT2D eigenvalue weighted by atomic mass is 9.99. The molecule has 4 nitrogen and oxygen atoms in total. The summed E-state index contributed by atoms with van der Waals surface area (Å²) in [5.74, 6) is 0.896. The number of aromatic nitrogens is 2. The smallest absolute Gasteiger partial charge is 0.228 e. The molecule has 1 aliphatic carbocycles. The van der Waals surface area contributed by atoms with Crippen LogP contribution in [0.3, 0.4) is 0 Å². The van der Waals surface area contributed by atoms with Crippen molar-refractivity contribution in [3.05, 3.63) is 54.0 Å². The average Bonchev–Trinajstić information content (AvgIpc) is 3.47. The van der Waals surface area contributed by atoms with Gasteiger partial charge in [0.2, 0.25) is 5.91 Å². The third kappa shape index (κ3) is 3.45. The quantitative estimate of drug-likeness (QED) is 0.715. The summed E-state index contributed by atoms with van der Waals surface area (Å²) in [5.41, 5.74) is 4.68. The Kier molecular flexibility index (Phi) is 4.41. The SMILES string of the molecule is CCCc1cc(C)c(-c2ccc3cc(NC(=O)C4CC4)ncc3c2)cn1. The molecule has 1 fully saturated rings. The molecule has 1 aliphatic rings. The summed E-state index contributed by atoms with van der Waals surface area (Å²) in [6.45, 7) is 4.30. The van der Waals surface area contributed by atoms with Crippen LogP contribution < -0.4 is 5.32 Å². The highest BCUT2D eigenvalue weighted by Crippen LogP contribution is 2.31. The standard InChI is InChI=1S/C22H23N3O/c1-3-4-19-9-14(2)20(13-23-19)17-8-7-16-11-21(24-12-18(16)10-17)25-22(26)15-5-6-15/h7-13,15H,3-6H2,1-2H3,(H,24,25,26). The normalized spacial score (nSPS) is 13.8. The van der Waals surface area contributed by atoms with Crippen LogP contribution in [-0.4, -0.2) is 15.9 Å². The van der Waals surface area contributed by atoms with Crippen LogP contribution in [0, 0.1) is 12.8 Å². The number of benzene rings is 1. The first-order valence-electron chi connectivity index (χ1n) is 9.30. The molecule has 1 amide bonds. The molecule has 0 unspecified atom stereocenters. The summed E-state index contributed by atoms with van der Waals surface area (Å²) in [6, 6.07) is 10.4. The zero-order valence-corrected chi connectivity index (χ0v) is 15.2. The van der Waals surface area contributed by atoms with Crippen LogP contribution in [-0.2, 0) is 11.2 Å². The fourth-order valence-electron chi connectivity index (χ4n) is 3.26. The number of hydrogen-bond donors (Lipinski definition) is 1. The highest BCUT2D eigenvalue weighted by atomic mass is 16.2. The molecule has 0 spiro atoms. The van der Waals surface area contributed by atoms with E-state index in [1.807, 2.05) is 18.5 Å². The number of nitrogens with one attached hydrogen (secondary N) is 1. The number of aryl methyl sites for hydroxylation is 2. The Hall–Kier alpha value is -2.75. The number of rotatable bonds is 5.